The van der Waals surface area contributed by atoms with Crippen LogP contribution in [0.3, 0.4) is 0 Å². The number of nitrogens with one attached hydrogen (secondary N) is 2. The summed E-state index contributed by atoms with van der Waals surface area (Å²) in [6, 6.07) is 3.30. The first-order chi connectivity index (χ1) is 6.77. The van der Waals surface area contributed by atoms with Crippen LogP contribution in [0.15, 0.2) is 35.5 Å². The van der Waals surface area contributed by atoms with E-state index < -0.39 is 5.69 Å². The lowest BCUT2D eigenvalue weighted by Crippen LogP contribution is -2.06. The minimum atomic E-state index is -0.391. The quantitative estimate of drug-likeness (QED) is 0.668. The van der Waals surface area contributed by atoms with Crippen LogP contribution < -0.4 is 5.69 Å². The van der Waals surface area contributed by atoms with E-state index in [4.69, 9.17) is 0 Å². The number of nitrogens with zero attached hydrogens (tertiary/aromatic N) is 1. The molecule has 0 unspecified atom stereocenters. The second kappa shape index (κ2) is 3.29. The van der Waals surface area contributed by atoms with Crippen LogP contribution in [0, 0.1) is 0 Å². The zero-order valence-electron chi connectivity index (χ0n) is 7.15. The number of hydrogen-bond acceptors (Lipinski definition) is 3. The Morgan fingerprint density at radius 3 is 2.86 bits per heavy atom. The molecule has 2 aromatic heterocycles. The monoisotopic (exact) mass is 189 g/mol. The zero-order valence-corrected chi connectivity index (χ0v) is 7.15. The van der Waals surface area contributed by atoms with Gasteiger partial charge in [0.15, 0.2) is 0 Å². The van der Waals surface area contributed by atoms with Gasteiger partial charge in [0.05, 0.1) is 0 Å². The van der Waals surface area contributed by atoms with Gasteiger partial charge in [-0.3, -0.25) is 9.78 Å². The highest BCUT2D eigenvalue weighted by Crippen LogP contribution is 2.02. The molecule has 0 spiro atoms. The molecule has 70 valence electrons. The standard InChI is InChI=1S/C9H7N3O2/c13-8(6-2-1-3-10-4-6)7-5-11-9(14)12-7/h1-5H,(H2,11,12,14). The Labute approximate surface area is 78.8 Å². The Hall–Kier alpha value is -2.17. The second-order valence-electron chi connectivity index (χ2n) is 2.73. The summed E-state index contributed by atoms with van der Waals surface area (Å²) < 4.78 is 0. The van der Waals surface area contributed by atoms with Gasteiger partial charge in [-0.1, -0.05) is 0 Å². The number of carbonyl (C=O) groups is 1. The molecule has 0 aromatic carbocycles. The first-order valence-corrected chi connectivity index (χ1v) is 4.00. The first-order valence-electron chi connectivity index (χ1n) is 4.00. The first kappa shape index (κ1) is 8.43. The van der Waals surface area contributed by atoms with Crippen LogP contribution in [0.25, 0.3) is 0 Å². The summed E-state index contributed by atoms with van der Waals surface area (Å²) in [6.45, 7) is 0. The molecule has 0 aliphatic carbocycles. The Morgan fingerprint density at radius 2 is 2.29 bits per heavy atom. The maximum Gasteiger partial charge on any atom is 0.323 e. The van der Waals surface area contributed by atoms with Crippen LogP contribution in [-0.2, 0) is 0 Å². The van der Waals surface area contributed by atoms with Crippen molar-refractivity contribution in [2.75, 3.05) is 0 Å². The third kappa shape index (κ3) is 1.47. The molecule has 14 heavy (non-hydrogen) atoms. The summed E-state index contributed by atoms with van der Waals surface area (Å²) in [5.41, 5.74) is 0.294. The van der Waals surface area contributed by atoms with Crippen molar-refractivity contribution in [3.05, 3.63) is 52.5 Å². The van der Waals surface area contributed by atoms with Crippen LogP contribution in [0.5, 0.6) is 0 Å². The lowest BCUT2D eigenvalue weighted by molar-refractivity contribution is 0.103. The van der Waals surface area contributed by atoms with Gasteiger partial charge in [-0.05, 0) is 12.1 Å². The van der Waals surface area contributed by atoms with E-state index in [2.05, 4.69) is 15.0 Å². The molecule has 5 nitrogen and oxygen atoms in total. The van der Waals surface area contributed by atoms with Crippen molar-refractivity contribution in [1.29, 1.82) is 0 Å². The predicted octanol–water partition coefficient (Wildman–Crippen LogP) is 0.329. The Morgan fingerprint density at radius 1 is 1.43 bits per heavy atom. The van der Waals surface area contributed by atoms with Gasteiger partial charge in [0, 0.05) is 24.2 Å². The molecular formula is C9H7N3O2. The predicted molar refractivity (Wildman–Crippen MR) is 49.1 cm³/mol. The molecule has 2 aromatic rings. The normalized spacial score (nSPS) is 10.0. The summed E-state index contributed by atoms with van der Waals surface area (Å²) >= 11 is 0. The van der Waals surface area contributed by atoms with E-state index >= 15 is 0 Å². The van der Waals surface area contributed by atoms with Gasteiger partial charge in [-0.15, -0.1) is 0 Å². The summed E-state index contributed by atoms with van der Waals surface area (Å²) in [5, 5.41) is 0. The lowest BCUT2D eigenvalue weighted by Gasteiger charge is -1.94. The summed E-state index contributed by atoms with van der Waals surface area (Å²) in [4.78, 5) is 30.9. The number of rotatable bonds is 2. The Kier molecular flexibility index (Phi) is 1.98. The molecule has 2 heterocycles. The summed E-state index contributed by atoms with van der Waals surface area (Å²) in [6.07, 6.45) is 4.38. The van der Waals surface area contributed by atoms with Crippen LogP contribution in [-0.4, -0.2) is 20.7 Å². The van der Waals surface area contributed by atoms with Crippen molar-refractivity contribution in [1.82, 2.24) is 15.0 Å². The van der Waals surface area contributed by atoms with Crippen molar-refractivity contribution >= 4 is 5.78 Å². The van der Waals surface area contributed by atoms with Crippen molar-refractivity contribution in [2.24, 2.45) is 0 Å². The van der Waals surface area contributed by atoms with Crippen molar-refractivity contribution in [2.45, 2.75) is 0 Å². The number of pyridine rings is 1. The molecule has 0 atom stereocenters. The van der Waals surface area contributed by atoms with Gasteiger partial charge in [-0.25, -0.2) is 4.79 Å². The number of aromatic amines is 2. The third-order valence-corrected chi connectivity index (χ3v) is 1.76. The Bertz CT molecular complexity index is 498. The summed E-state index contributed by atoms with van der Waals surface area (Å²) in [7, 11) is 0. The van der Waals surface area contributed by atoms with Crippen LogP contribution in [0.1, 0.15) is 16.1 Å². The largest absolute Gasteiger partial charge is 0.323 e. The lowest BCUT2D eigenvalue weighted by atomic mass is 10.1. The third-order valence-electron chi connectivity index (χ3n) is 1.76. The number of H-pyrrole nitrogens is 2. The maximum absolute atomic E-state index is 11.6. The van der Waals surface area contributed by atoms with E-state index in [-0.39, 0.29) is 11.5 Å². The van der Waals surface area contributed by atoms with Gasteiger partial charge >= 0.3 is 5.69 Å². The van der Waals surface area contributed by atoms with E-state index in [0.717, 1.165) is 0 Å². The van der Waals surface area contributed by atoms with Gasteiger partial charge in [0.2, 0.25) is 5.78 Å². The van der Waals surface area contributed by atoms with Gasteiger partial charge in [0.1, 0.15) is 5.69 Å². The van der Waals surface area contributed by atoms with E-state index in [9.17, 15) is 9.59 Å². The fourth-order valence-electron chi connectivity index (χ4n) is 1.11. The average Bonchev–Trinajstić information content (AvgIpc) is 2.65. The molecule has 0 radical (unpaired) electrons. The fourth-order valence-corrected chi connectivity index (χ4v) is 1.11. The fraction of sp³-hybridized carbons (Fsp3) is 0. The zero-order chi connectivity index (χ0) is 9.97. The Balaban J connectivity index is 2.38. The van der Waals surface area contributed by atoms with E-state index in [1.54, 1.807) is 18.3 Å². The molecular weight excluding hydrogens is 182 g/mol. The summed E-state index contributed by atoms with van der Waals surface area (Å²) in [5.74, 6) is -0.253. The molecule has 0 aliphatic heterocycles. The highest BCUT2D eigenvalue weighted by atomic mass is 16.1. The highest BCUT2D eigenvalue weighted by Gasteiger charge is 2.10. The maximum atomic E-state index is 11.6. The number of imidazole rings is 1. The molecule has 0 aliphatic rings. The number of hydrogen-bond donors (Lipinski definition) is 2. The SMILES string of the molecule is O=C(c1cccnc1)c1c[nH]c(=O)[nH]1. The highest BCUT2D eigenvalue weighted by molar-refractivity contribution is 6.07. The molecule has 0 saturated heterocycles. The molecule has 0 fully saturated rings. The molecule has 2 N–H and O–H groups in total. The second-order valence-corrected chi connectivity index (χ2v) is 2.73. The van der Waals surface area contributed by atoms with Gasteiger partial charge in [0.25, 0.3) is 0 Å². The van der Waals surface area contributed by atoms with Crippen molar-refractivity contribution in [3.8, 4) is 0 Å². The topological polar surface area (TPSA) is 78.6 Å². The van der Waals surface area contributed by atoms with Gasteiger partial charge < -0.3 is 9.97 Å². The molecule has 0 bridgehead atoms. The van der Waals surface area contributed by atoms with Crippen LogP contribution >= 0.6 is 0 Å². The minimum Gasteiger partial charge on any atom is -0.312 e. The van der Waals surface area contributed by atoms with Gasteiger partial charge in [-0.2, -0.15) is 0 Å². The van der Waals surface area contributed by atoms with Crippen molar-refractivity contribution in [3.63, 3.8) is 0 Å². The number of carbonyl (C=O) groups excluding carboxylic acids is 1. The minimum absolute atomic E-state index is 0.239. The number of aromatic nitrogens is 3. The van der Waals surface area contributed by atoms with E-state index in [1.165, 1.54) is 12.4 Å². The van der Waals surface area contributed by atoms with Crippen LogP contribution in [0.2, 0.25) is 0 Å². The van der Waals surface area contributed by atoms with E-state index in [1.807, 2.05) is 0 Å². The number of ketones is 1. The smallest absolute Gasteiger partial charge is 0.312 e. The molecule has 0 amide bonds. The van der Waals surface area contributed by atoms with Crippen LogP contribution in [0.4, 0.5) is 0 Å². The van der Waals surface area contributed by atoms with Crippen molar-refractivity contribution < 1.29 is 4.79 Å². The molecule has 0 saturated carbocycles. The average molecular weight is 189 g/mol. The van der Waals surface area contributed by atoms with E-state index in [0.29, 0.717) is 5.56 Å². The molecule has 2 rings (SSSR count). The molecule has 5 heteroatoms.